The number of amides is 1. The van der Waals surface area contributed by atoms with Gasteiger partial charge in [-0.2, -0.15) is 0 Å². The first-order valence-corrected chi connectivity index (χ1v) is 7.68. The molecule has 2 aromatic rings. The molecule has 4 heteroatoms. The number of aromatic nitrogens is 1. The molecule has 0 aliphatic carbocycles. The number of halogens is 1. The molecule has 0 saturated carbocycles. The van der Waals surface area contributed by atoms with Crippen LogP contribution in [0.2, 0.25) is 0 Å². The van der Waals surface area contributed by atoms with Crippen molar-refractivity contribution in [2.75, 3.05) is 6.54 Å². The van der Waals surface area contributed by atoms with Gasteiger partial charge in [-0.25, -0.2) is 4.39 Å². The Morgan fingerprint density at radius 2 is 1.91 bits per heavy atom. The van der Waals surface area contributed by atoms with Crippen LogP contribution >= 0.6 is 0 Å². The summed E-state index contributed by atoms with van der Waals surface area (Å²) in [5, 5.41) is 0. The zero-order valence-electron chi connectivity index (χ0n) is 13.3. The second-order valence-electron chi connectivity index (χ2n) is 6.05. The van der Waals surface area contributed by atoms with E-state index in [0.29, 0.717) is 0 Å². The second kappa shape index (κ2) is 5.59. The van der Waals surface area contributed by atoms with E-state index in [1.807, 2.05) is 36.4 Å². The van der Waals surface area contributed by atoms with Crippen LogP contribution in [-0.2, 0) is 7.05 Å². The van der Waals surface area contributed by atoms with E-state index in [1.54, 1.807) is 12.1 Å². The highest BCUT2D eigenvalue weighted by Gasteiger charge is 2.31. The molecule has 1 aliphatic heterocycles. The zero-order chi connectivity index (χ0) is 15.9. The average Bonchev–Trinajstić information content (AvgIpc) is 3.08. The molecule has 3 nitrogen and oxygen atoms in total. The van der Waals surface area contributed by atoms with Crippen molar-refractivity contribution in [2.45, 2.75) is 32.7 Å². The van der Waals surface area contributed by atoms with Crippen molar-refractivity contribution in [1.82, 2.24) is 9.47 Å². The average molecular weight is 300 g/mol. The van der Waals surface area contributed by atoms with E-state index < -0.39 is 0 Å². The van der Waals surface area contributed by atoms with Crippen LogP contribution in [0.4, 0.5) is 4.39 Å². The molecule has 0 bridgehead atoms. The topological polar surface area (TPSA) is 25.2 Å². The highest BCUT2D eigenvalue weighted by molar-refractivity contribution is 5.96. The Balaban J connectivity index is 1.91. The number of likely N-dealkylation sites (tertiary alicyclic amines) is 1. The summed E-state index contributed by atoms with van der Waals surface area (Å²) in [7, 11) is 1.98. The van der Waals surface area contributed by atoms with Crippen LogP contribution in [0.3, 0.4) is 0 Å². The van der Waals surface area contributed by atoms with Gasteiger partial charge in [0.2, 0.25) is 0 Å². The van der Waals surface area contributed by atoms with Gasteiger partial charge < -0.3 is 9.47 Å². The Morgan fingerprint density at radius 3 is 2.50 bits per heavy atom. The summed E-state index contributed by atoms with van der Waals surface area (Å²) < 4.78 is 15.1. The quantitative estimate of drug-likeness (QED) is 0.829. The van der Waals surface area contributed by atoms with Crippen LogP contribution in [-0.4, -0.2) is 21.9 Å². The fourth-order valence-corrected chi connectivity index (χ4v) is 3.27. The Kier molecular flexibility index (Phi) is 3.77. The summed E-state index contributed by atoms with van der Waals surface area (Å²) in [6.07, 6.45) is 1.92. The summed E-state index contributed by atoms with van der Waals surface area (Å²) in [6.45, 7) is 4.74. The molecule has 1 atom stereocenters. The molecule has 1 aliphatic rings. The summed E-state index contributed by atoms with van der Waals surface area (Å²) in [6, 6.07) is 8.51. The Bertz CT molecular complexity index is 703. The summed E-state index contributed by atoms with van der Waals surface area (Å²) in [5.41, 5.74) is 3.86. The largest absolute Gasteiger partial charge is 0.351 e. The highest BCUT2D eigenvalue weighted by Crippen LogP contribution is 2.33. The molecule has 1 saturated heterocycles. The molecule has 0 N–H and O–H groups in total. The number of hydrogen-bond donors (Lipinski definition) is 0. The minimum Gasteiger partial charge on any atom is -0.351 e. The molecular weight excluding hydrogens is 279 g/mol. The van der Waals surface area contributed by atoms with Gasteiger partial charge in [0, 0.05) is 25.0 Å². The third-order valence-corrected chi connectivity index (χ3v) is 4.77. The van der Waals surface area contributed by atoms with E-state index in [-0.39, 0.29) is 17.8 Å². The lowest BCUT2D eigenvalue weighted by Crippen LogP contribution is -2.30. The number of aryl methyl sites for hydroxylation is 1. The third kappa shape index (κ3) is 2.43. The fourth-order valence-electron chi connectivity index (χ4n) is 3.27. The van der Waals surface area contributed by atoms with Gasteiger partial charge in [0.15, 0.2) is 0 Å². The SMILES string of the molecule is Cc1cc(C(=O)N2CCC[C@H]2c2ccc(F)cc2)c(C)n1C. The fraction of sp³-hybridized carbons (Fsp3) is 0.389. The number of carbonyl (C=O) groups excluding carboxylic acids is 1. The molecule has 0 unspecified atom stereocenters. The molecule has 1 amide bonds. The van der Waals surface area contributed by atoms with Crippen molar-refractivity contribution in [3.63, 3.8) is 0 Å². The van der Waals surface area contributed by atoms with E-state index in [4.69, 9.17) is 0 Å². The van der Waals surface area contributed by atoms with Crippen molar-refractivity contribution < 1.29 is 9.18 Å². The number of carbonyl (C=O) groups is 1. The van der Waals surface area contributed by atoms with Gasteiger partial charge in [-0.05, 0) is 50.5 Å². The molecule has 2 heterocycles. The van der Waals surface area contributed by atoms with E-state index in [2.05, 4.69) is 0 Å². The van der Waals surface area contributed by atoms with Crippen molar-refractivity contribution in [1.29, 1.82) is 0 Å². The molecule has 22 heavy (non-hydrogen) atoms. The summed E-state index contributed by atoms with van der Waals surface area (Å²) >= 11 is 0. The number of hydrogen-bond acceptors (Lipinski definition) is 1. The maximum atomic E-state index is 13.1. The first-order chi connectivity index (χ1) is 10.5. The van der Waals surface area contributed by atoms with Crippen LogP contribution in [0.1, 0.15) is 46.2 Å². The predicted molar refractivity (Wildman–Crippen MR) is 84.3 cm³/mol. The van der Waals surface area contributed by atoms with E-state index in [0.717, 1.165) is 41.9 Å². The lowest BCUT2D eigenvalue weighted by molar-refractivity contribution is 0.0735. The van der Waals surface area contributed by atoms with Crippen molar-refractivity contribution >= 4 is 5.91 Å². The minimum absolute atomic E-state index is 0.0491. The van der Waals surface area contributed by atoms with Crippen molar-refractivity contribution in [3.8, 4) is 0 Å². The highest BCUT2D eigenvalue weighted by atomic mass is 19.1. The molecule has 0 spiro atoms. The van der Waals surface area contributed by atoms with Gasteiger partial charge in [-0.15, -0.1) is 0 Å². The second-order valence-corrected chi connectivity index (χ2v) is 6.05. The van der Waals surface area contributed by atoms with Crippen LogP contribution in [0.25, 0.3) is 0 Å². The van der Waals surface area contributed by atoms with Crippen LogP contribution in [0, 0.1) is 19.7 Å². The summed E-state index contributed by atoms with van der Waals surface area (Å²) in [5.74, 6) is -0.165. The van der Waals surface area contributed by atoms with Gasteiger partial charge >= 0.3 is 0 Å². The molecule has 3 rings (SSSR count). The van der Waals surface area contributed by atoms with E-state index >= 15 is 0 Å². The van der Waals surface area contributed by atoms with E-state index in [9.17, 15) is 9.18 Å². The summed E-state index contributed by atoms with van der Waals surface area (Å²) in [4.78, 5) is 14.8. The molecule has 0 radical (unpaired) electrons. The maximum Gasteiger partial charge on any atom is 0.256 e. The van der Waals surface area contributed by atoms with Crippen LogP contribution in [0.15, 0.2) is 30.3 Å². The smallest absolute Gasteiger partial charge is 0.256 e. The Labute approximate surface area is 130 Å². The van der Waals surface area contributed by atoms with Gasteiger partial charge in [0.05, 0.1) is 11.6 Å². The lowest BCUT2D eigenvalue weighted by atomic mass is 10.0. The molecule has 116 valence electrons. The molecule has 1 aromatic heterocycles. The van der Waals surface area contributed by atoms with Gasteiger partial charge in [-0.1, -0.05) is 12.1 Å². The number of nitrogens with zero attached hydrogens (tertiary/aromatic N) is 2. The van der Waals surface area contributed by atoms with Gasteiger partial charge in [0.25, 0.3) is 5.91 Å². The Hall–Kier alpha value is -2.10. The zero-order valence-corrected chi connectivity index (χ0v) is 13.3. The maximum absolute atomic E-state index is 13.1. The molecule has 1 fully saturated rings. The Morgan fingerprint density at radius 1 is 1.23 bits per heavy atom. The van der Waals surface area contributed by atoms with Crippen molar-refractivity contribution in [3.05, 3.63) is 58.7 Å². The number of benzene rings is 1. The lowest BCUT2D eigenvalue weighted by Gasteiger charge is -2.25. The third-order valence-electron chi connectivity index (χ3n) is 4.77. The first-order valence-electron chi connectivity index (χ1n) is 7.68. The predicted octanol–water partition coefficient (Wildman–Crippen LogP) is 3.76. The first kappa shape index (κ1) is 14.8. The monoisotopic (exact) mass is 300 g/mol. The van der Waals surface area contributed by atoms with Gasteiger partial charge in [-0.3, -0.25) is 4.79 Å². The van der Waals surface area contributed by atoms with Crippen molar-refractivity contribution in [2.24, 2.45) is 7.05 Å². The molecule has 1 aromatic carbocycles. The van der Waals surface area contributed by atoms with Crippen LogP contribution in [0.5, 0.6) is 0 Å². The molecular formula is C18H21FN2O. The van der Waals surface area contributed by atoms with Crippen LogP contribution < -0.4 is 0 Å². The minimum atomic E-state index is -0.242. The number of rotatable bonds is 2. The normalized spacial score (nSPS) is 18.0. The van der Waals surface area contributed by atoms with E-state index in [1.165, 1.54) is 12.1 Å². The van der Waals surface area contributed by atoms with Gasteiger partial charge in [0.1, 0.15) is 5.82 Å². The standard InChI is InChI=1S/C18H21FN2O/c1-12-11-16(13(2)20(12)3)18(22)21-10-4-5-17(21)14-6-8-15(19)9-7-14/h6-9,11,17H,4-5,10H2,1-3H3/t17-/m0/s1.